The number of hydrogen-bond acceptors (Lipinski definition) is 3. The Morgan fingerprint density at radius 1 is 1.41 bits per heavy atom. The molecule has 0 radical (unpaired) electrons. The first-order chi connectivity index (χ1) is 8.06. The molecule has 1 heterocycles. The fourth-order valence-corrected chi connectivity index (χ4v) is 3.83. The molecule has 0 aliphatic carbocycles. The number of halogens is 2. The summed E-state index contributed by atoms with van der Waals surface area (Å²) in [5.74, 6) is 1.68. The molecule has 1 aliphatic rings. The molecular formula is C12H14Br2N2S. The Bertz CT molecular complexity index is 446. The smallest absolute Gasteiger partial charge is 0.161 e. The monoisotopic (exact) mass is 376 g/mol. The number of rotatable bonds is 2. The summed E-state index contributed by atoms with van der Waals surface area (Å²) in [4.78, 5) is 4.68. The fraction of sp³-hybridized carbons (Fsp3) is 0.417. The van der Waals surface area contributed by atoms with Gasteiger partial charge in [-0.1, -0.05) is 41.5 Å². The summed E-state index contributed by atoms with van der Waals surface area (Å²) in [7, 11) is 0. The molecule has 1 aliphatic heterocycles. The molecule has 92 valence electrons. The van der Waals surface area contributed by atoms with Gasteiger partial charge in [0.2, 0.25) is 0 Å². The van der Waals surface area contributed by atoms with Crippen molar-refractivity contribution in [1.82, 2.24) is 0 Å². The van der Waals surface area contributed by atoms with Gasteiger partial charge in [-0.3, -0.25) is 4.99 Å². The zero-order valence-electron chi connectivity index (χ0n) is 9.71. The van der Waals surface area contributed by atoms with Crippen LogP contribution >= 0.6 is 43.6 Å². The molecule has 1 aromatic carbocycles. The third kappa shape index (κ3) is 3.48. The average molecular weight is 378 g/mol. The van der Waals surface area contributed by atoms with Gasteiger partial charge in [0.25, 0.3) is 0 Å². The van der Waals surface area contributed by atoms with Gasteiger partial charge in [-0.25, -0.2) is 0 Å². The van der Waals surface area contributed by atoms with Gasteiger partial charge >= 0.3 is 0 Å². The van der Waals surface area contributed by atoms with Crippen molar-refractivity contribution >= 4 is 54.5 Å². The predicted octanol–water partition coefficient (Wildman–Crippen LogP) is 4.75. The van der Waals surface area contributed by atoms with Gasteiger partial charge in [-0.2, -0.15) is 0 Å². The zero-order chi connectivity index (χ0) is 12.4. The number of thioether (sulfide) groups is 1. The third-order valence-corrected chi connectivity index (χ3v) is 4.75. The molecular weight excluding hydrogens is 364 g/mol. The Balaban J connectivity index is 2.09. The first kappa shape index (κ1) is 13.4. The van der Waals surface area contributed by atoms with Crippen molar-refractivity contribution in [1.29, 1.82) is 0 Å². The molecule has 2 nitrogen and oxygen atoms in total. The summed E-state index contributed by atoms with van der Waals surface area (Å²) in [6.07, 6.45) is 0. The van der Waals surface area contributed by atoms with Gasteiger partial charge in [0.1, 0.15) is 0 Å². The molecule has 0 aromatic heterocycles. The molecule has 1 N–H and O–H groups in total. The van der Waals surface area contributed by atoms with E-state index in [1.54, 1.807) is 11.8 Å². The maximum Gasteiger partial charge on any atom is 0.161 e. The highest BCUT2D eigenvalue weighted by molar-refractivity contribution is 9.11. The van der Waals surface area contributed by atoms with Crippen LogP contribution in [0.15, 0.2) is 32.1 Å². The van der Waals surface area contributed by atoms with E-state index >= 15 is 0 Å². The van der Waals surface area contributed by atoms with E-state index in [-0.39, 0.29) is 0 Å². The highest BCUT2D eigenvalue weighted by Gasteiger charge is 2.21. The lowest BCUT2D eigenvalue weighted by Gasteiger charge is -2.08. The van der Waals surface area contributed by atoms with Crippen LogP contribution in [0.3, 0.4) is 0 Å². The lowest BCUT2D eigenvalue weighted by Crippen LogP contribution is -2.12. The normalized spacial score (nSPS) is 19.6. The summed E-state index contributed by atoms with van der Waals surface area (Å²) >= 11 is 8.78. The molecule has 2 rings (SSSR count). The highest BCUT2D eigenvalue weighted by atomic mass is 79.9. The van der Waals surface area contributed by atoms with Crippen LogP contribution in [0.4, 0.5) is 5.69 Å². The van der Waals surface area contributed by atoms with E-state index in [9.17, 15) is 0 Å². The predicted molar refractivity (Wildman–Crippen MR) is 84.0 cm³/mol. The number of nitrogens with zero attached hydrogens (tertiary/aromatic N) is 1. The average Bonchev–Trinajstić information content (AvgIpc) is 2.71. The molecule has 0 amide bonds. The molecule has 1 aromatic rings. The van der Waals surface area contributed by atoms with Gasteiger partial charge in [-0.05, 0) is 40.0 Å². The molecule has 0 fully saturated rings. The van der Waals surface area contributed by atoms with E-state index in [0.29, 0.717) is 12.0 Å². The van der Waals surface area contributed by atoms with E-state index in [1.807, 2.05) is 18.2 Å². The Labute approximate surface area is 123 Å². The standard InChI is InChI=1S/C12H14Br2N2S/c1-7(2)11-6-17-12(16-11)15-10-4-3-8(13)5-9(10)14/h3-5,7,11H,6H2,1-2H3,(H,15,16)/t11-/m1/s1. The number of amidine groups is 1. The second-order valence-electron chi connectivity index (χ2n) is 4.31. The van der Waals surface area contributed by atoms with Crippen LogP contribution < -0.4 is 5.32 Å². The number of aliphatic imine (C=N–C) groups is 1. The molecule has 0 unspecified atom stereocenters. The molecule has 0 saturated carbocycles. The van der Waals surface area contributed by atoms with Crippen molar-refractivity contribution < 1.29 is 0 Å². The summed E-state index contributed by atoms with van der Waals surface area (Å²) < 4.78 is 2.11. The molecule has 5 heteroatoms. The van der Waals surface area contributed by atoms with E-state index in [0.717, 1.165) is 25.6 Å². The summed E-state index contributed by atoms with van der Waals surface area (Å²) in [6, 6.07) is 6.53. The Kier molecular flexibility index (Phi) is 4.55. The minimum atomic E-state index is 0.441. The summed E-state index contributed by atoms with van der Waals surface area (Å²) in [5, 5.41) is 4.39. The molecule has 0 spiro atoms. The second kappa shape index (κ2) is 5.76. The maximum atomic E-state index is 4.68. The molecule has 1 atom stereocenters. The first-order valence-electron chi connectivity index (χ1n) is 5.49. The second-order valence-corrected chi connectivity index (χ2v) is 7.08. The third-order valence-electron chi connectivity index (χ3n) is 2.62. The van der Waals surface area contributed by atoms with Crippen molar-refractivity contribution in [3.63, 3.8) is 0 Å². The zero-order valence-corrected chi connectivity index (χ0v) is 13.7. The van der Waals surface area contributed by atoms with Crippen LogP contribution in [0.1, 0.15) is 13.8 Å². The van der Waals surface area contributed by atoms with Crippen LogP contribution in [-0.2, 0) is 0 Å². The van der Waals surface area contributed by atoms with Crippen LogP contribution in [0, 0.1) is 5.92 Å². The lowest BCUT2D eigenvalue weighted by atomic mass is 10.1. The lowest BCUT2D eigenvalue weighted by molar-refractivity contribution is 0.543. The quantitative estimate of drug-likeness (QED) is 0.803. The van der Waals surface area contributed by atoms with Crippen molar-refractivity contribution in [3.8, 4) is 0 Å². The van der Waals surface area contributed by atoms with Crippen molar-refractivity contribution in [2.24, 2.45) is 10.9 Å². The van der Waals surface area contributed by atoms with Gasteiger partial charge in [0.05, 0.1) is 11.7 Å². The van der Waals surface area contributed by atoms with Crippen molar-refractivity contribution in [2.45, 2.75) is 19.9 Å². The minimum Gasteiger partial charge on any atom is -0.334 e. The SMILES string of the molecule is CC(C)[C@H]1CSC(Nc2ccc(Br)cc2Br)=N1. The van der Waals surface area contributed by atoms with Crippen LogP contribution in [-0.4, -0.2) is 17.0 Å². The van der Waals surface area contributed by atoms with Gasteiger partial charge < -0.3 is 5.32 Å². The summed E-state index contributed by atoms with van der Waals surface area (Å²) in [5.41, 5.74) is 1.06. The molecule has 0 bridgehead atoms. The van der Waals surface area contributed by atoms with Gasteiger partial charge in [0.15, 0.2) is 5.17 Å². The largest absolute Gasteiger partial charge is 0.334 e. The minimum absolute atomic E-state index is 0.441. The van der Waals surface area contributed by atoms with Crippen molar-refractivity contribution in [2.75, 3.05) is 11.1 Å². The van der Waals surface area contributed by atoms with Crippen LogP contribution in [0.2, 0.25) is 0 Å². The van der Waals surface area contributed by atoms with E-state index in [4.69, 9.17) is 0 Å². The molecule has 0 saturated heterocycles. The van der Waals surface area contributed by atoms with E-state index in [2.05, 4.69) is 56.0 Å². The Morgan fingerprint density at radius 2 is 2.18 bits per heavy atom. The number of benzene rings is 1. The van der Waals surface area contributed by atoms with Crippen molar-refractivity contribution in [3.05, 3.63) is 27.1 Å². The first-order valence-corrected chi connectivity index (χ1v) is 8.06. The van der Waals surface area contributed by atoms with Crippen LogP contribution in [0.5, 0.6) is 0 Å². The fourth-order valence-electron chi connectivity index (χ4n) is 1.51. The molecule has 17 heavy (non-hydrogen) atoms. The number of anilines is 1. The van der Waals surface area contributed by atoms with Gasteiger partial charge in [-0.15, -0.1) is 0 Å². The number of hydrogen-bond donors (Lipinski definition) is 1. The van der Waals surface area contributed by atoms with E-state index < -0.39 is 0 Å². The van der Waals surface area contributed by atoms with E-state index in [1.165, 1.54) is 0 Å². The Morgan fingerprint density at radius 3 is 2.76 bits per heavy atom. The number of nitrogens with one attached hydrogen (secondary N) is 1. The van der Waals surface area contributed by atoms with Gasteiger partial charge in [0, 0.05) is 14.7 Å². The topological polar surface area (TPSA) is 24.4 Å². The summed E-state index contributed by atoms with van der Waals surface area (Å²) in [6.45, 7) is 4.43. The maximum absolute atomic E-state index is 4.68. The highest BCUT2D eigenvalue weighted by Crippen LogP contribution is 2.29. The van der Waals surface area contributed by atoms with Crippen LogP contribution in [0.25, 0.3) is 0 Å². The Hall–Kier alpha value is -0.0000000000000000555.